The maximum absolute atomic E-state index is 13.8. The summed E-state index contributed by atoms with van der Waals surface area (Å²) in [7, 11) is 0.171. The van der Waals surface area contributed by atoms with Gasteiger partial charge in [-0.1, -0.05) is 20.8 Å². The van der Waals surface area contributed by atoms with Crippen LogP contribution in [-0.4, -0.2) is 41.7 Å². The van der Waals surface area contributed by atoms with Gasteiger partial charge in [-0.05, 0) is 42.8 Å². The zero-order valence-electron chi connectivity index (χ0n) is 16.6. The second-order valence-electron chi connectivity index (χ2n) is 7.87. The first-order valence-corrected chi connectivity index (χ1v) is 11.5. The number of likely N-dealkylation sites (N-methyl/N-ethyl adjacent to an activating group) is 1. The van der Waals surface area contributed by atoms with E-state index >= 15 is 0 Å². The van der Waals surface area contributed by atoms with E-state index in [-0.39, 0.29) is 10.6 Å². The third-order valence-corrected chi connectivity index (χ3v) is 9.42. The van der Waals surface area contributed by atoms with Crippen LogP contribution < -0.4 is 4.90 Å². The maximum Gasteiger partial charge on any atom is 0.192 e. The molecular weight excluding hydrogens is 335 g/mol. The number of anilines is 1. The molecule has 0 amide bonds. The van der Waals surface area contributed by atoms with E-state index in [1.165, 1.54) is 6.07 Å². The van der Waals surface area contributed by atoms with Gasteiger partial charge in [0, 0.05) is 19.3 Å². The topological polar surface area (TPSA) is 45.5 Å². The largest absolute Gasteiger partial charge is 0.414 e. The summed E-state index contributed by atoms with van der Waals surface area (Å²) in [6, 6.07) is 4.85. The van der Waals surface area contributed by atoms with Crippen LogP contribution in [0.3, 0.4) is 0 Å². The molecule has 140 valence electrons. The molecule has 0 unspecified atom stereocenters. The van der Waals surface area contributed by atoms with Crippen molar-refractivity contribution in [3.8, 4) is 6.07 Å². The molecule has 0 aliphatic rings. The summed E-state index contributed by atoms with van der Waals surface area (Å²) in [5.41, 5.74) is 1.73. The molecule has 1 rings (SSSR count). The van der Waals surface area contributed by atoms with E-state index in [1.54, 1.807) is 6.07 Å². The van der Waals surface area contributed by atoms with Crippen molar-refractivity contribution in [1.82, 2.24) is 0 Å². The predicted octanol–water partition coefficient (Wildman–Crippen LogP) is 4.48. The van der Waals surface area contributed by atoms with Gasteiger partial charge in [0.15, 0.2) is 8.32 Å². The number of rotatable bonds is 8. The van der Waals surface area contributed by atoms with Crippen molar-refractivity contribution in [2.75, 3.05) is 38.3 Å². The summed E-state index contributed by atoms with van der Waals surface area (Å²) in [5, 5.41) is 9.07. The zero-order valence-corrected chi connectivity index (χ0v) is 17.6. The highest BCUT2D eigenvalue weighted by atomic mass is 28.4. The molecule has 25 heavy (non-hydrogen) atoms. The average molecular weight is 367 g/mol. The van der Waals surface area contributed by atoms with Gasteiger partial charge in [0.05, 0.1) is 25.4 Å². The fourth-order valence-corrected chi connectivity index (χ4v) is 3.19. The maximum atomic E-state index is 13.8. The van der Waals surface area contributed by atoms with Crippen LogP contribution in [0.25, 0.3) is 0 Å². The molecule has 0 spiro atoms. The Kier molecular flexibility index (Phi) is 7.60. The summed E-state index contributed by atoms with van der Waals surface area (Å²) < 4.78 is 25.5. The van der Waals surface area contributed by atoms with E-state index in [9.17, 15) is 4.39 Å². The first kappa shape index (κ1) is 21.6. The fourth-order valence-electron chi connectivity index (χ4n) is 2.16. The number of nitriles is 1. The highest BCUT2D eigenvalue weighted by molar-refractivity contribution is 6.74. The molecule has 0 atom stereocenters. The minimum atomic E-state index is -1.72. The van der Waals surface area contributed by atoms with Crippen LogP contribution in [0.15, 0.2) is 12.1 Å². The summed E-state index contributed by atoms with van der Waals surface area (Å²) in [6.07, 6.45) is 0. The molecule has 0 aliphatic carbocycles. The monoisotopic (exact) mass is 366 g/mol. The summed E-state index contributed by atoms with van der Waals surface area (Å²) in [4.78, 5) is 1.94. The van der Waals surface area contributed by atoms with Gasteiger partial charge in [-0.15, -0.1) is 0 Å². The summed E-state index contributed by atoms with van der Waals surface area (Å²) >= 11 is 0. The number of benzene rings is 1. The Balaban J connectivity index is 2.40. The minimum Gasteiger partial charge on any atom is -0.414 e. The van der Waals surface area contributed by atoms with E-state index in [0.29, 0.717) is 26.4 Å². The van der Waals surface area contributed by atoms with Crippen LogP contribution >= 0.6 is 0 Å². The lowest BCUT2D eigenvalue weighted by atomic mass is 10.1. The Bertz CT molecular complexity index is 621. The lowest BCUT2D eigenvalue weighted by Crippen LogP contribution is -2.41. The van der Waals surface area contributed by atoms with Crippen molar-refractivity contribution >= 4 is 14.0 Å². The molecule has 0 bridgehead atoms. The Hall–Kier alpha value is -1.42. The van der Waals surface area contributed by atoms with Crippen molar-refractivity contribution in [2.24, 2.45) is 0 Å². The first-order chi connectivity index (χ1) is 11.5. The van der Waals surface area contributed by atoms with Gasteiger partial charge in [0.1, 0.15) is 11.9 Å². The molecule has 0 aromatic heterocycles. The molecule has 0 aliphatic heterocycles. The van der Waals surface area contributed by atoms with Gasteiger partial charge in [0.2, 0.25) is 0 Å². The second-order valence-corrected chi connectivity index (χ2v) is 12.7. The third kappa shape index (κ3) is 6.10. The van der Waals surface area contributed by atoms with Crippen LogP contribution in [0.2, 0.25) is 18.1 Å². The molecule has 1 aromatic carbocycles. The molecule has 4 nitrogen and oxygen atoms in total. The van der Waals surface area contributed by atoms with Gasteiger partial charge in [-0.3, -0.25) is 0 Å². The standard InChI is InChI=1S/C19H31FN2O2Si/c1-15-12-16(14-21)17(20)13-18(15)22(5)8-9-23-10-11-24-25(6,7)19(2,3)4/h12-13H,8-11H2,1-7H3. The van der Waals surface area contributed by atoms with Gasteiger partial charge >= 0.3 is 0 Å². The van der Waals surface area contributed by atoms with Crippen molar-refractivity contribution in [3.05, 3.63) is 29.1 Å². The number of ether oxygens (including phenoxy) is 1. The van der Waals surface area contributed by atoms with Crippen molar-refractivity contribution < 1.29 is 13.6 Å². The van der Waals surface area contributed by atoms with Crippen molar-refractivity contribution in [1.29, 1.82) is 5.26 Å². The normalized spacial score (nSPS) is 12.1. The highest BCUT2D eigenvalue weighted by Crippen LogP contribution is 2.36. The van der Waals surface area contributed by atoms with Crippen LogP contribution in [0.4, 0.5) is 10.1 Å². The van der Waals surface area contributed by atoms with E-state index < -0.39 is 14.1 Å². The predicted molar refractivity (Wildman–Crippen MR) is 103 cm³/mol. The molecular formula is C19H31FN2O2Si. The fraction of sp³-hybridized carbons (Fsp3) is 0.632. The molecule has 0 radical (unpaired) electrons. The molecule has 0 fully saturated rings. The Labute approximate surface area is 152 Å². The van der Waals surface area contributed by atoms with E-state index in [4.69, 9.17) is 14.4 Å². The van der Waals surface area contributed by atoms with Crippen LogP contribution in [-0.2, 0) is 9.16 Å². The minimum absolute atomic E-state index is 0.0775. The SMILES string of the molecule is Cc1cc(C#N)c(F)cc1N(C)CCOCCO[Si](C)(C)C(C)(C)C. The zero-order chi connectivity index (χ0) is 19.3. The Morgan fingerprint density at radius 3 is 2.40 bits per heavy atom. The van der Waals surface area contributed by atoms with Crippen LogP contribution in [0.5, 0.6) is 0 Å². The molecule has 0 saturated heterocycles. The first-order valence-electron chi connectivity index (χ1n) is 8.62. The number of nitrogens with zero attached hydrogens (tertiary/aromatic N) is 2. The molecule has 0 N–H and O–H groups in total. The number of hydrogen-bond donors (Lipinski definition) is 0. The van der Waals surface area contributed by atoms with E-state index in [2.05, 4.69) is 33.9 Å². The van der Waals surface area contributed by atoms with Gasteiger partial charge < -0.3 is 14.1 Å². The van der Waals surface area contributed by atoms with Crippen LogP contribution in [0, 0.1) is 24.1 Å². The lowest BCUT2D eigenvalue weighted by molar-refractivity contribution is 0.100. The highest BCUT2D eigenvalue weighted by Gasteiger charge is 2.36. The summed E-state index contributed by atoms with van der Waals surface area (Å²) in [5.74, 6) is -0.487. The Morgan fingerprint density at radius 1 is 1.20 bits per heavy atom. The van der Waals surface area contributed by atoms with E-state index in [0.717, 1.165) is 11.3 Å². The lowest BCUT2D eigenvalue weighted by Gasteiger charge is -2.36. The number of aryl methyl sites for hydroxylation is 1. The number of halogens is 1. The van der Waals surface area contributed by atoms with Crippen molar-refractivity contribution in [3.63, 3.8) is 0 Å². The second kappa shape index (κ2) is 8.79. The quantitative estimate of drug-likeness (QED) is 0.503. The third-order valence-electron chi connectivity index (χ3n) is 4.89. The Morgan fingerprint density at radius 2 is 1.84 bits per heavy atom. The molecule has 0 saturated carbocycles. The molecule has 1 aromatic rings. The average Bonchev–Trinajstić information content (AvgIpc) is 2.51. The van der Waals surface area contributed by atoms with Gasteiger partial charge in [0.25, 0.3) is 0 Å². The van der Waals surface area contributed by atoms with Gasteiger partial charge in [-0.2, -0.15) is 5.26 Å². The van der Waals surface area contributed by atoms with Crippen molar-refractivity contribution in [2.45, 2.75) is 45.8 Å². The summed E-state index contributed by atoms with van der Waals surface area (Å²) in [6.45, 7) is 15.3. The van der Waals surface area contributed by atoms with Gasteiger partial charge in [-0.25, -0.2) is 4.39 Å². The molecule has 6 heteroatoms. The smallest absolute Gasteiger partial charge is 0.192 e. The molecule has 0 heterocycles. The van der Waals surface area contributed by atoms with Crippen LogP contribution in [0.1, 0.15) is 31.9 Å². The number of hydrogen-bond acceptors (Lipinski definition) is 4. The van der Waals surface area contributed by atoms with E-state index in [1.807, 2.05) is 24.9 Å².